The molecule has 1 aliphatic rings. The fourth-order valence-corrected chi connectivity index (χ4v) is 2.96. The predicted octanol–water partition coefficient (Wildman–Crippen LogP) is 2.13. The predicted molar refractivity (Wildman–Crippen MR) is 97.5 cm³/mol. The van der Waals surface area contributed by atoms with E-state index in [1.54, 1.807) is 12.7 Å². The first kappa shape index (κ1) is 20.4. The molecule has 1 aromatic carbocycles. The van der Waals surface area contributed by atoms with Crippen molar-refractivity contribution in [2.75, 3.05) is 13.1 Å². The van der Waals surface area contributed by atoms with Crippen molar-refractivity contribution in [1.82, 2.24) is 19.7 Å². The highest BCUT2D eigenvalue weighted by molar-refractivity contribution is 5.94. The summed E-state index contributed by atoms with van der Waals surface area (Å²) in [4.78, 5) is 18.5. The second-order valence-corrected chi connectivity index (χ2v) is 5.78. The molecule has 1 saturated heterocycles. The summed E-state index contributed by atoms with van der Waals surface area (Å²) in [6.45, 7) is 2.91. The highest BCUT2D eigenvalue weighted by atomic mass is 35.5. The molecule has 8 heteroatoms. The Morgan fingerprint density at radius 3 is 2.62 bits per heavy atom. The van der Waals surface area contributed by atoms with Crippen LogP contribution in [0.4, 0.5) is 0 Å². The lowest BCUT2D eigenvalue weighted by atomic mass is 9.97. The summed E-state index contributed by atoms with van der Waals surface area (Å²) < 4.78 is 1.84. The molecule has 6 nitrogen and oxygen atoms in total. The molecular formula is C16H23Cl2N5O. The molecule has 0 bridgehead atoms. The van der Waals surface area contributed by atoms with Crippen molar-refractivity contribution in [1.29, 1.82) is 0 Å². The zero-order valence-corrected chi connectivity index (χ0v) is 15.0. The van der Waals surface area contributed by atoms with Gasteiger partial charge in [0.15, 0.2) is 0 Å². The summed E-state index contributed by atoms with van der Waals surface area (Å²) in [5.41, 5.74) is 7.37. The number of hydrogen-bond donors (Lipinski definition) is 1. The molecule has 2 heterocycles. The first-order valence-electron chi connectivity index (χ1n) is 7.67. The van der Waals surface area contributed by atoms with Gasteiger partial charge in [-0.3, -0.25) is 9.48 Å². The molecule has 1 amide bonds. The molecule has 0 radical (unpaired) electrons. The van der Waals surface area contributed by atoms with Crippen LogP contribution in [0.25, 0.3) is 0 Å². The molecule has 1 atom stereocenters. The van der Waals surface area contributed by atoms with E-state index >= 15 is 0 Å². The standard InChI is InChI=1S/C16H21N5O.2ClH/c17-8-13-3-5-15(6-4-13)16(22)20-7-1-2-14(9-20)10-21-12-18-11-19-21;;/h3-6,11-12,14H,1-2,7-10,17H2;2*1H. The van der Waals surface area contributed by atoms with Gasteiger partial charge < -0.3 is 10.6 Å². The summed E-state index contributed by atoms with van der Waals surface area (Å²) in [6, 6.07) is 7.57. The molecule has 1 fully saturated rings. The maximum Gasteiger partial charge on any atom is 0.253 e. The zero-order valence-electron chi connectivity index (χ0n) is 13.4. The molecule has 0 spiro atoms. The van der Waals surface area contributed by atoms with Gasteiger partial charge in [-0.2, -0.15) is 5.10 Å². The van der Waals surface area contributed by atoms with Crippen LogP contribution < -0.4 is 5.73 Å². The average Bonchev–Trinajstić information content (AvgIpc) is 3.07. The van der Waals surface area contributed by atoms with Gasteiger partial charge in [0, 0.05) is 31.7 Å². The van der Waals surface area contributed by atoms with Gasteiger partial charge in [0.25, 0.3) is 5.91 Å². The van der Waals surface area contributed by atoms with Crippen LogP contribution in [0.3, 0.4) is 0 Å². The number of aromatic nitrogens is 3. The molecule has 24 heavy (non-hydrogen) atoms. The Balaban J connectivity index is 0.00000144. The zero-order chi connectivity index (χ0) is 15.4. The van der Waals surface area contributed by atoms with E-state index < -0.39 is 0 Å². The lowest BCUT2D eigenvalue weighted by Crippen LogP contribution is -2.41. The third kappa shape index (κ3) is 4.93. The number of nitrogens with zero attached hydrogens (tertiary/aromatic N) is 4. The van der Waals surface area contributed by atoms with Gasteiger partial charge >= 0.3 is 0 Å². The minimum absolute atomic E-state index is 0. The fraction of sp³-hybridized carbons (Fsp3) is 0.438. The number of carbonyl (C=O) groups is 1. The second kappa shape index (κ2) is 9.61. The number of nitrogens with two attached hydrogens (primary N) is 1. The van der Waals surface area contributed by atoms with E-state index in [2.05, 4.69) is 10.1 Å². The number of piperidine rings is 1. The van der Waals surface area contributed by atoms with Gasteiger partial charge in [-0.1, -0.05) is 12.1 Å². The van der Waals surface area contributed by atoms with Gasteiger partial charge in [-0.25, -0.2) is 4.98 Å². The first-order chi connectivity index (χ1) is 10.8. The van der Waals surface area contributed by atoms with Crippen molar-refractivity contribution in [3.8, 4) is 0 Å². The largest absolute Gasteiger partial charge is 0.338 e. The number of carbonyl (C=O) groups excluding carboxylic acids is 1. The van der Waals surface area contributed by atoms with Gasteiger partial charge in [-0.15, -0.1) is 24.8 Å². The van der Waals surface area contributed by atoms with E-state index in [1.807, 2.05) is 33.8 Å². The van der Waals surface area contributed by atoms with Crippen molar-refractivity contribution in [3.05, 3.63) is 48.0 Å². The van der Waals surface area contributed by atoms with Crippen LogP contribution in [-0.2, 0) is 13.1 Å². The maximum atomic E-state index is 12.6. The van der Waals surface area contributed by atoms with Crippen molar-refractivity contribution in [2.24, 2.45) is 11.7 Å². The van der Waals surface area contributed by atoms with Crippen molar-refractivity contribution < 1.29 is 4.79 Å². The highest BCUT2D eigenvalue weighted by Crippen LogP contribution is 2.20. The maximum absolute atomic E-state index is 12.6. The number of benzene rings is 1. The SMILES string of the molecule is Cl.Cl.NCc1ccc(C(=O)N2CCCC(Cn3cncn3)C2)cc1. The van der Waals surface area contributed by atoms with Crippen LogP contribution >= 0.6 is 24.8 Å². The van der Waals surface area contributed by atoms with Gasteiger partial charge in [-0.05, 0) is 36.5 Å². The van der Waals surface area contributed by atoms with Crippen molar-refractivity contribution in [3.63, 3.8) is 0 Å². The van der Waals surface area contributed by atoms with E-state index in [9.17, 15) is 4.79 Å². The van der Waals surface area contributed by atoms with Gasteiger partial charge in [0.05, 0.1) is 0 Å². The summed E-state index contributed by atoms with van der Waals surface area (Å²) in [5, 5.41) is 4.15. The molecule has 2 N–H and O–H groups in total. The van der Waals surface area contributed by atoms with Crippen LogP contribution in [0.1, 0.15) is 28.8 Å². The van der Waals surface area contributed by atoms with Crippen LogP contribution in [0.2, 0.25) is 0 Å². The molecule has 1 unspecified atom stereocenters. The lowest BCUT2D eigenvalue weighted by molar-refractivity contribution is 0.0659. The van der Waals surface area contributed by atoms with Crippen LogP contribution in [0, 0.1) is 5.92 Å². The number of amides is 1. The first-order valence-corrected chi connectivity index (χ1v) is 7.67. The quantitative estimate of drug-likeness (QED) is 0.892. The van der Waals surface area contributed by atoms with E-state index in [1.165, 1.54) is 0 Å². The topological polar surface area (TPSA) is 77.0 Å². The Morgan fingerprint density at radius 2 is 2.00 bits per heavy atom. The molecule has 3 rings (SSSR count). The third-order valence-corrected chi connectivity index (χ3v) is 4.15. The summed E-state index contributed by atoms with van der Waals surface area (Å²) >= 11 is 0. The van der Waals surface area contributed by atoms with Crippen molar-refractivity contribution >= 4 is 30.7 Å². The molecule has 1 aromatic heterocycles. The van der Waals surface area contributed by atoms with Crippen LogP contribution in [0.15, 0.2) is 36.9 Å². The minimum atomic E-state index is 0. The second-order valence-electron chi connectivity index (χ2n) is 5.78. The molecule has 0 saturated carbocycles. The number of likely N-dealkylation sites (tertiary alicyclic amines) is 1. The van der Waals surface area contributed by atoms with E-state index in [-0.39, 0.29) is 30.7 Å². The normalized spacial score (nSPS) is 16.9. The van der Waals surface area contributed by atoms with E-state index in [0.29, 0.717) is 12.5 Å². The fourth-order valence-electron chi connectivity index (χ4n) is 2.96. The van der Waals surface area contributed by atoms with Gasteiger partial charge in [0.2, 0.25) is 0 Å². The van der Waals surface area contributed by atoms with Crippen molar-refractivity contribution in [2.45, 2.75) is 25.9 Å². The Hall–Kier alpha value is -1.63. The molecule has 2 aromatic rings. The summed E-state index contributed by atoms with van der Waals surface area (Å²) in [5.74, 6) is 0.537. The smallest absolute Gasteiger partial charge is 0.253 e. The monoisotopic (exact) mass is 371 g/mol. The number of rotatable bonds is 4. The van der Waals surface area contributed by atoms with E-state index in [4.69, 9.17) is 5.73 Å². The Morgan fingerprint density at radius 1 is 1.25 bits per heavy atom. The third-order valence-electron chi connectivity index (χ3n) is 4.15. The minimum Gasteiger partial charge on any atom is -0.338 e. The molecule has 132 valence electrons. The Kier molecular flexibility index (Phi) is 8.18. The average molecular weight is 372 g/mol. The van der Waals surface area contributed by atoms with Crippen LogP contribution in [-0.4, -0.2) is 38.7 Å². The summed E-state index contributed by atoms with van der Waals surface area (Å²) in [6.07, 6.45) is 5.43. The number of hydrogen-bond acceptors (Lipinski definition) is 4. The van der Waals surface area contributed by atoms with E-state index in [0.717, 1.165) is 43.6 Å². The lowest BCUT2D eigenvalue weighted by Gasteiger charge is -2.32. The Bertz CT molecular complexity index is 618. The van der Waals surface area contributed by atoms with Crippen LogP contribution in [0.5, 0.6) is 0 Å². The Labute approximate surface area is 154 Å². The molecule has 0 aliphatic carbocycles. The molecular weight excluding hydrogens is 349 g/mol. The highest BCUT2D eigenvalue weighted by Gasteiger charge is 2.24. The summed E-state index contributed by atoms with van der Waals surface area (Å²) in [7, 11) is 0. The number of halogens is 2. The molecule has 1 aliphatic heterocycles. The van der Waals surface area contributed by atoms with Gasteiger partial charge in [0.1, 0.15) is 12.7 Å².